The number of anilines is 1. The molecule has 0 aliphatic heterocycles. The highest BCUT2D eigenvalue weighted by molar-refractivity contribution is 7.99. The lowest BCUT2D eigenvalue weighted by molar-refractivity contribution is -0.113. The first kappa shape index (κ1) is 14.3. The van der Waals surface area contributed by atoms with Crippen LogP contribution in [0, 0.1) is 0 Å². The van der Waals surface area contributed by atoms with E-state index in [-0.39, 0.29) is 11.7 Å². The molecule has 22 heavy (non-hydrogen) atoms. The highest BCUT2D eigenvalue weighted by atomic mass is 32.2. The molecule has 2 aromatic heterocycles. The second-order valence-electron chi connectivity index (χ2n) is 4.40. The topological polar surface area (TPSA) is 72.7 Å². The molecular formula is C15H13N5OS. The lowest BCUT2D eigenvalue weighted by atomic mass is 10.3. The molecule has 0 spiro atoms. The maximum Gasteiger partial charge on any atom is 0.234 e. The Bertz CT molecular complexity index is 745. The molecule has 0 atom stereocenters. The number of pyridine rings is 1. The molecule has 6 nitrogen and oxygen atoms in total. The molecule has 0 radical (unpaired) electrons. The molecule has 3 aromatic rings. The number of aromatic nitrogens is 4. The molecule has 3 rings (SSSR count). The monoisotopic (exact) mass is 311 g/mol. The van der Waals surface area contributed by atoms with Crippen LogP contribution in [0.15, 0.2) is 66.3 Å². The summed E-state index contributed by atoms with van der Waals surface area (Å²) in [7, 11) is 0. The summed E-state index contributed by atoms with van der Waals surface area (Å²) in [6, 6.07) is 13.3. The standard InChI is InChI=1S/C15H13N5OS/c21-14(18-12-5-4-8-16-9-12)10-22-15-19-17-11-20(15)13-6-2-1-3-7-13/h1-9,11H,10H2,(H,18,21). The third-order valence-electron chi connectivity index (χ3n) is 2.83. The zero-order valence-electron chi connectivity index (χ0n) is 11.6. The predicted octanol–water partition coefficient (Wildman–Crippen LogP) is 2.39. The van der Waals surface area contributed by atoms with Crippen LogP contribution in [0.1, 0.15) is 0 Å². The predicted molar refractivity (Wildman–Crippen MR) is 84.9 cm³/mol. The Morgan fingerprint density at radius 1 is 1.18 bits per heavy atom. The zero-order valence-corrected chi connectivity index (χ0v) is 12.4. The van der Waals surface area contributed by atoms with Crippen molar-refractivity contribution in [2.24, 2.45) is 0 Å². The minimum Gasteiger partial charge on any atom is -0.324 e. The first-order valence-electron chi connectivity index (χ1n) is 6.61. The van der Waals surface area contributed by atoms with Crippen molar-refractivity contribution in [1.29, 1.82) is 0 Å². The molecule has 0 saturated heterocycles. The first-order chi connectivity index (χ1) is 10.8. The van der Waals surface area contributed by atoms with Gasteiger partial charge in [-0.2, -0.15) is 0 Å². The Balaban J connectivity index is 1.63. The molecule has 0 bridgehead atoms. The summed E-state index contributed by atoms with van der Waals surface area (Å²) >= 11 is 1.33. The highest BCUT2D eigenvalue weighted by Crippen LogP contribution is 2.19. The number of hydrogen-bond donors (Lipinski definition) is 1. The number of nitrogens with zero attached hydrogens (tertiary/aromatic N) is 4. The Morgan fingerprint density at radius 3 is 2.82 bits per heavy atom. The van der Waals surface area contributed by atoms with Crippen LogP contribution < -0.4 is 5.32 Å². The van der Waals surface area contributed by atoms with Crippen molar-refractivity contribution in [3.63, 3.8) is 0 Å². The summed E-state index contributed by atoms with van der Waals surface area (Å²) in [5, 5.41) is 11.4. The second kappa shape index (κ2) is 6.86. The molecule has 1 amide bonds. The molecule has 7 heteroatoms. The van der Waals surface area contributed by atoms with Gasteiger partial charge in [-0.25, -0.2) is 0 Å². The van der Waals surface area contributed by atoms with Gasteiger partial charge in [0.2, 0.25) is 5.91 Å². The van der Waals surface area contributed by atoms with E-state index in [0.717, 1.165) is 5.69 Å². The van der Waals surface area contributed by atoms with Crippen LogP contribution in [0.4, 0.5) is 5.69 Å². The van der Waals surface area contributed by atoms with Crippen molar-refractivity contribution in [3.8, 4) is 5.69 Å². The van der Waals surface area contributed by atoms with Gasteiger partial charge in [0.25, 0.3) is 0 Å². The fourth-order valence-corrected chi connectivity index (χ4v) is 2.58. The van der Waals surface area contributed by atoms with Crippen molar-refractivity contribution in [2.45, 2.75) is 5.16 Å². The summed E-state index contributed by atoms with van der Waals surface area (Å²) < 4.78 is 1.85. The van der Waals surface area contributed by atoms with E-state index < -0.39 is 0 Å². The van der Waals surface area contributed by atoms with Crippen LogP contribution in [0.2, 0.25) is 0 Å². The quantitative estimate of drug-likeness (QED) is 0.732. The summed E-state index contributed by atoms with van der Waals surface area (Å²) in [5.41, 5.74) is 1.64. The average molecular weight is 311 g/mol. The maximum atomic E-state index is 11.9. The second-order valence-corrected chi connectivity index (χ2v) is 5.34. The number of para-hydroxylation sites is 1. The number of rotatable bonds is 5. The van der Waals surface area contributed by atoms with E-state index in [1.807, 2.05) is 34.9 Å². The largest absolute Gasteiger partial charge is 0.324 e. The number of nitrogens with one attached hydrogen (secondary N) is 1. The van der Waals surface area contributed by atoms with E-state index in [1.165, 1.54) is 11.8 Å². The molecule has 1 aromatic carbocycles. The number of hydrogen-bond acceptors (Lipinski definition) is 5. The summed E-state index contributed by atoms with van der Waals surface area (Å²) in [6.07, 6.45) is 4.90. The third kappa shape index (κ3) is 3.50. The minimum absolute atomic E-state index is 0.111. The Labute approximate surface area is 131 Å². The maximum absolute atomic E-state index is 11.9. The van der Waals surface area contributed by atoms with Crippen LogP contribution in [-0.4, -0.2) is 31.4 Å². The van der Waals surface area contributed by atoms with Gasteiger partial charge in [0.15, 0.2) is 5.16 Å². The van der Waals surface area contributed by atoms with Crippen LogP contribution >= 0.6 is 11.8 Å². The Kier molecular flexibility index (Phi) is 4.45. The van der Waals surface area contributed by atoms with Crippen molar-refractivity contribution < 1.29 is 4.79 Å². The summed E-state index contributed by atoms with van der Waals surface area (Å²) in [6.45, 7) is 0. The SMILES string of the molecule is O=C(CSc1nncn1-c1ccccc1)Nc1cccnc1. The molecule has 110 valence electrons. The number of carbonyl (C=O) groups excluding carboxylic acids is 1. The molecule has 0 fully saturated rings. The summed E-state index contributed by atoms with van der Waals surface area (Å²) in [4.78, 5) is 15.9. The van der Waals surface area contributed by atoms with Gasteiger partial charge in [0, 0.05) is 11.9 Å². The highest BCUT2D eigenvalue weighted by Gasteiger charge is 2.10. The normalized spacial score (nSPS) is 10.4. The van der Waals surface area contributed by atoms with Gasteiger partial charge >= 0.3 is 0 Å². The fraction of sp³-hybridized carbons (Fsp3) is 0.0667. The van der Waals surface area contributed by atoms with Crippen molar-refractivity contribution in [2.75, 3.05) is 11.1 Å². The third-order valence-corrected chi connectivity index (χ3v) is 3.77. The van der Waals surface area contributed by atoms with Crippen LogP contribution in [0.25, 0.3) is 5.69 Å². The van der Waals surface area contributed by atoms with E-state index >= 15 is 0 Å². The number of thioether (sulfide) groups is 1. The molecule has 2 heterocycles. The molecule has 0 saturated carbocycles. The van der Waals surface area contributed by atoms with Gasteiger partial charge in [-0.1, -0.05) is 30.0 Å². The van der Waals surface area contributed by atoms with Crippen LogP contribution in [-0.2, 0) is 4.79 Å². The van der Waals surface area contributed by atoms with Crippen molar-refractivity contribution >= 4 is 23.4 Å². The van der Waals surface area contributed by atoms with Gasteiger partial charge in [0.05, 0.1) is 17.6 Å². The lowest BCUT2D eigenvalue weighted by Crippen LogP contribution is -2.14. The van der Waals surface area contributed by atoms with Crippen molar-refractivity contribution in [1.82, 2.24) is 19.7 Å². The van der Waals surface area contributed by atoms with E-state index in [0.29, 0.717) is 10.8 Å². The number of amides is 1. The lowest BCUT2D eigenvalue weighted by Gasteiger charge is -2.06. The van der Waals surface area contributed by atoms with E-state index in [9.17, 15) is 4.79 Å². The molecule has 0 aliphatic carbocycles. The molecular weight excluding hydrogens is 298 g/mol. The first-order valence-corrected chi connectivity index (χ1v) is 7.59. The number of carbonyl (C=O) groups is 1. The molecule has 1 N–H and O–H groups in total. The van der Waals surface area contributed by atoms with E-state index in [1.54, 1.807) is 30.9 Å². The van der Waals surface area contributed by atoms with Crippen LogP contribution in [0.5, 0.6) is 0 Å². The fourth-order valence-electron chi connectivity index (χ4n) is 1.85. The van der Waals surface area contributed by atoms with Crippen LogP contribution in [0.3, 0.4) is 0 Å². The van der Waals surface area contributed by atoms with E-state index in [4.69, 9.17) is 0 Å². The van der Waals surface area contributed by atoms with Gasteiger partial charge in [-0.3, -0.25) is 14.3 Å². The van der Waals surface area contributed by atoms with E-state index in [2.05, 4.69) is 20.5 Å². The number of benzene rings is 1. The van der Waals surface area contributed by atoms with Crippen molar-refractivity contribution in [3.05, 3.63) is 61.2 Å². The minimum atomic E-state index is -0.111. The average Bonchev–Trinajstić information content (AvgIpc) is 3.03. The van der Waals surface area contributed by atoms with Gasteiger partial charge in [-0.05, 0) is 24.3 Å². The van der Waals surface area contributed by atoms with Gasteiger partial charge < -0.3 is 5.32 Å². The zero-order chi connectivity index (χ0) is 15.2. The molecule has 0 unspecified atom stereocenters. The molecule has 0 aliphatic rings. The summed E-state index contributed by atoms with van der Waals surface area (Å²) in [5.74, 6) is 0.140. The Hall–Kier alpha value is -2.67. The van der Waals surface area contributed by atoms with Gasteiger partial charge in [-0.15, -0.1) is 10.2 Å². The van der Waals surface area contributed by atoms with Gasteiger partial charge in [0.1, 0.15) is 6.33 Å². The smallest absolute Gasteiger partial charge is 0.234 e. The Morgan fingerprint density at radius 2 is 2.05 bits per heavy atom.